The second-order valence-corrected chi connectivity index (χ2v) is 24.7. The third-order valence-electron chi connectivity index (χ3n) is 17.1. The van der Waals surface area contributed by atoms with E-state index in [1.165, 1.54) is 0 Å². The monoisotopic (exact) mass is 1380 g/mol. The van der Waals surface area contributed by atoms with Crippen molar-refractivity contribution in [3.63, 3.8) is 0 Å². The van der Waals surface area contributed by atoms with E-state index in [0.29, 0.717) is 164 Å². The Bertz CT molecular complexity index is 3820. The minimum Gasteiger partial charge on any atom is -0.493 e. The Labute approximate surface area is 584 Å². The van der Waals surface area contributed by atoms with Gasteiger partial charge in [-0.05, 0) is 99.9 Å². The van der Waals surface area contributed by atoms with E-state index in [1.807, 2.05) is 12.1 Å². The highest BCUT2D eigenvalue weighted by Gasteiger charge is 2.28. The zero-order valence-electron chi connectivity index (χ0n) is 59.5. The summed E-state index contributed by atoms with van der Waals surface area (Å²) in [5, 5.41) is 2.29. The second kappa shape index (κ2) is 38.8. The van der Waals surface area contributed by atoms with E-state index in [-0.39, 0.29) is 99.3 Å². The molecule has 0 aliphatic carbocycles. The minimum absolute atomic E-state index is 0.169. The number of methoxy groups -OCH3 is 4. The van der Waals surface area contributed by atoms with Crippen LogP contribution in [0.4, 0.5) is 0 Å². The van der Waals surface area contributed by atoms with Crippen molar-refractivity contribution in [3.05, 3.63) is 48.5 Å². The molecule has 0 amide bonds. The Morgan fingerprint density at radius 2 is 0.510 bits per heavy atom. The molecule has 5 heterocycles. The molecule has 0 spiro atoms. The molecule has 2 aliphatic rings. The third kappa shape index (κ3) is 20.4. The molecule has 3 aromatic heterocycles. The summed E-state index contributed by atoms with van der Waals surface area (Å²) in [5.74, 6) is 2.87. The fourth-order valence-corrected chi connectivity index (χ4v) is 11.6. The van der Waals surface area contributed by atoms with E-state index in [2.05, 4.69) is 37.7 Å². The number of unbranched alkanes of at least 4 members (excludes halogenated alkanes) is 12. The van der Waals surface area contributed by atoms with Gasteiger partial charge in [0.05, 0.1) is 81.3 Å². The van der Waals surface area contributed by atoms with Crippen molar-refractivity contribution < 1.29 is 76.0 Å². The van der Waals surface area contributed by atoms with Crippen LogP contribution in [0, 0.1) is 0 Å². The lowest BCUT2D eigenvalue weighted by atomic mass is 10.1. The largest absolute Gasteiger partial charge is 0.493 e. The van der Waals surface area contributed by atoms with Crippen molar-refractivity contribution in [1.29, 1.82) is 0 Å². The first-order valence-corrected chi connectivity index (χ1v) is 35.8. The lowest BCUT2D eigenvalue weighted by molar-refractivity contribution is -0.144. The lowest BCUT2D eigenvalue weighted by Gasteiger charge is -2.13. The third-order valence-corrected chi connectivity index (χ3v) is 17.1. The Morgan fingerprint density at radius 1 is 0.280 bits per heavy atom. The lowest BCUT2D eigenvalue weighted by Crippen LogP contribution is -2.08. The summed E-state index contributed by atoms with van der Waals surface area (Å²) in [6, 6.07) is 14.4. The normalized spacial score (nSPS) is 11.4. The summed E-state index contributed by atoms with van der Waals surface area (Å²) in [7, 11) is 6.18. The number of nitrogens with zero attached hydrogens (tertiary/aromatic N) is 6. The Balaban J connectivity index is 1.18. The molecule has 9 rings (SSSR count). The summed E-state index contributed by atoms with van der Waals surface area (Å²) in [4.78, 5) is 89.7. The van der Waals surface area contributed by atoms with Crippen molar-refractivity contribution in [2.24, 2.45) is 0 Å². The average Bonchev–Trinajstić information content (AvgIpc) is 1.59. The summed E-state index contributed by atoms with van der Waals surface area (Å²) < 4.78 is 71.8. The van der Waals surface area contributed by atoms with Crippen LogP contribution in [0.25, 0.3) is 89.7 Å². The van der Waals surface area contributed by atoms with Gasteiger partial charge < -0.3 is 66.8 Å². The van der Waals surface area contributed by atoms with Crippen molar-refractivity contribution in [1.82, 2.24) is 39.9 Å². The van der Waals surface area contributed by atoms with E-state index in [9.17, 15) is 19.2 Å². The number of esters is 4. The summed E-state index contributed by atoms with van der Waals surface area (Å²) >= 11 is 0. The molecule has 538 valence electrons. The number of ether oxygens (including phenoxy) is 12. The molecule has 2 N–H and O–H groups in total. The number of benzene rings is 4. The molecule has 2 aliphatic heterocycles. The van der Waals surface area contributed by atoms with Gasteiger partial charge in [-0.2, -0.15) is 0 Å². The standard InChI is InChI=1S/C76H98N8O16/c1-9-13-17-21-33-97-65(85)29-25-37-93-61-45-53-49(41-57(61)89-5)69-77-73(53)81-70-50-42-58(90-6)62(94-38-26-30-66(86)98-34-22-18-14-10-2)46-54(50)75(78-70)83-72-52-44-60(92-8)64(96-40-28-32-68(88)100-36-24-20-16-12-4)48-56(52)76(80-72)84-71-51-43-59(91-7)63(47-55(51)74(79-71)82-69)95-39-27-31-67(87)99-35-23-19-15-11-3/h41-48H,9-40H2,1-8H3,(H2,77,78,79,80,81,82,83,84). The maximum absolute atomic E-state index is 12.8. The molecule has 4 aromatic carbocycles. The number of hydrogen-bond acceptors (Lipinski definition) is 22. The maximum atomic E-state index is 12.8. The van der Waals surface area contributed by atoms with Crippen LogP contribution in [-0.4, -0.2) is 145 Å². The van der Waals surface area contributed by atoms with Crippen LogP contribution in [-0.2, 0) is 38.1 Å². The van der Waals surface area contributed by atoms with Gasteiger partial charge in [0.1, 0.15) is 22.6 Å². The summed E-state index contributed by atoms with van der Waals surface area (Å²) in [6.07, 6.45) is 18.2. The van der Waals surface area contributed by atoms with Crippen LogP contribution in [0.15, 0.2) is 48.5 Å². The zero-order valence-corrected chi connectivity index (χ0v) is 59.5. The number of carbonyl (C=O) groups is 4. The SMILES string of the molecule is CCCCCCOC(=O)CCCOc1cc2c(cc1OC)-c1nc-2nc2[nH]c(nc3nc(nc4[nH]c(n1)c1cc(OCCCC(=O)OCCCCCC)c(OC)cc41)-c1cc(OCCCC(=O)OCCCCCC)c(OC)cc1-3)c1cc(OCCCC(=O)OCCCCCC)c(OC)cc21. The summed E-state index contributed by atoms with van der Waals surface area (Å²) in [5.41, 5.74) is 3.51. The van der Waals surface area contributed by atoms with Crippen molar-refractivity contribution >= 4 is 68.0 Å². The van der Waals surface area contributed by atoms with Gasteiger partial charge >= 0.3 is 23.9 Å². The zero-order chi connectivity index (χ0) is 70.6. The molecule has 24 heteroatoms. The van der Waals surface area contributed by atoms with Crippen LogP contribution in [0.2, 0.25) is 0 Å². The molecular formula is C76H98N8O16. The fourth-order valence-electron chi connectivity index (χ4n) is 11.6. The quantitative estimate of drug-likeness (QED) is 0.0204. The first-order valence-electron chi connectivity index (χ1n) is 35.8. The van der Waals surface area contributed by atoms with E-state index in [1.54, 1.807) is 64.8 Å². The number of hydrogen-bond donors (Lipinski definition) is 2. The van der Waals surface area contributed by atoms with Gasteiger partial charge in [0.15, 0.2) is 69.3 Å². The van der Waals surface area contributed by atoms with E-state index < -0.39 is 0 Å². The highest BCUT2D eigenvalue weighted by Crippen LogP contribution is 2.46. The van der Waals surface area contributed by atoms with Crippen LogP contribution in [0.3, 0.4) is 0 Å². The smallest absolute Gasteiger partial charge is 0.305 e. The topological polar surface area (TPSA) is 288 Å². The van der Waals surface area contributed by atoms with Crippen molar-refractivity contribution in [2.75, 3.05) is 81.3 Å². The number of fused-ring (bicyclic) bond motifs is 20. The van der Waals surface area contributed by atoms with E-state index in [0.717, 1.165) is 103 Å². The Morgan fingerprint density at radius 3 is 0.760 bits per heavy atom. The molecule has 0 saturated heterocycles. The first kappa shape index (κ1) is 74.7. The number of rotatable bonds is 44. The number of aromatic nitrogens is 8. The summed E-state index contributed by atoms with van der Waals surface area (Å²) in [6.45, 7) is 10.8. The Hall–Kier alpha value is -9.48. The molecule has 24 nitrogen and oxygen atoms in total. The number of aromatic amines is 2. The molecule has 100 heavy (non-hydrogen) atoms. The van der Waals surface area contributed by atoms with Gasteiger partial charge in [-0.15, -0.1) is 0 Å². The predicted molar refractivity (Wildman–Crippen MR) is 382 cm³/mol. The molecule has 0 unspecified atom stereocenters. The van der Waals surface area contributed by atoms with Crippen molar-refractivity contribution in [3.8, 4) is 91.5 Å². The van der Waals surface area contributed by atoms with Gasteiger partial charge in [0, 0.05) is 69.5 Å². The first-order chi connectivity index (χ1) is 48.9. The van der Waals surface area contributed by atoms with Gasteiger partial charge in [0.2, 0.25) is 0 Å². The Kier molecular flexibility index (Phi) is 29.0. The predicted octanol–water partition coefficient (Wildman–Crippen LogP) is 16.0. The molecule has 0 radical (unpaired) electrons. The molecular weight excluding hydrogens is 1280 g/mol. The fraction of sp³-hybridized carbons (Fsp3) is 0.526. The average molecular weight is 1380 g/mol. The van der Waals surface area contributed by atoms with E-state index >= 15 is 0 Å². The highest BCUT2D eigenvalue weighted by molar-refractivity contribution is 6.08. The van der Waals surface area contributed by atoms with Gasteiger partial charge in [0.25, 0.3) is 0 Å². The molecule has 0 atom stereocenters. The molecule has 8 bridgehead atoms. The number of nitrogens with one attached hydrogen (secondary N) is 2. The molecule has 7 aromatic rings. The van der Waals surface area contributed by atoms with E-state index in [4.69, 9.17) is 86.7 Å². The van der Waals surface area contributed by atoms with Crippen LogP contribution >= 0.6 is 0 Å². The van der Waals surface area contributed by atoms with Crippen LogP contribution < -0.4 is 37.9 Å². The van der Waals surface area contributed by atoms with Crippen LogP contribution in [0.5, 0.6) is 46.0 Å². The highest BCUT2D eigenvalue weighted by atomic mass is 16.6. The minimum atomic E-state index is -0.288. The number of H-pyrrole nitrogens is 2. The molecule has 0 saturated carbocycles. The van der Waals surface area contributed by atoms with Gasteiger partial charge in [-0.1, -0.05) is 105 Å². The molecule has 0 fully saturated rings. The number of carbonyl (C=O) groups excluding carboxylic acids is 4. The van der Waals surface area contributed by atoms with Gasteiger partial charge in [-0.25, -0.2) is 29.9 Å². The van der Waals surface area contributed by atoms with Crippen LogP contribution in [0.1, 0.15) is 182 Å². The second-order valence-electron chi connectivity index (χ2n) is 24.7. The maximum Gasteiger partial charge on any atom is 0.305 e. The van der Waals surface area contributed by atoms with Gasteiger partial charge in [-0.3, -0.25) is 19.2 Å². The van der Waals surface area contributed by atoms with Crippen molar-refractivity contribution in [2.45, 2.75) is 182 Å².